The summed E-state index contributed by atoms with van der Waals surface area (Å²) in [5.41, 5.74) is 8.81. The lowest BCUT2D eigenvalue weighted by atomic mass is 10.1. The Balaban J connectivity index is 1.55. The van der Waals surface area contributed by atoms with Crippen molar-refractivity contribution in [2.75, 3.05) is 50.5 Å². The van der Waals surface area contributed by atoms with Gasteiger partial charge in [-0.25, -0.2) is 4.79 Å². The molecule has 0 atom stereocenters. The molecule has 1 aliphatic heterocycles. The van der Waals surface area contributed by atoms with E-state index in [9.17, 15) is 4.79 Å². The molecule has 2 aromatic rings. The standard InChI is InChI=1S/C19H25N3O2S/c1-14-16(25-18(20)17(14)19(23)24-2)8-9-21-10-12-22(13-11-21)15-6-4-3-5-7-15/h3-7H,8-13,20H2,1-2H3. The van der Waals surface area contributed by atoms with Crippen molar-refractivity contribution in [3.05, 3.63) is 46.3 Å². The number of para-hydroxylation sites is 1. The number of benzene rings is 1. The van der Waals surface area contributed by atoms with E-state index in [2.05, 4.69) is 40.1 Å². The monoisotopic (exact) mass is 359 g/mol. The number of carbonyl (C=O) groups is 1. The van der Waals surface area contributed by atoms with Crippen LogP contribution in [0.5, 0.6) is 0 Å². The van der Waals surface area contributed by atoms with Gasteiger partial charge in [-0.1, -0.05) is 18.2 Å². The summed E-state index contributed by atoms with van der Waals surface area (Å²) >= 11 is 1.51. The largest absolute Gasteiger partial charge is 0.465 e. The molecule has 1 fully saturated rings. The van der Waals surface area contributed by atoms with E-state index in [4.69, 9.17) is 10.5 Å². The second-order valence-electron chi connectivity index (χ2n) is 6.30. The summed E-state index contributed by atoms with van der Waals surface area (Å²) in [6.07, 6.45) is 0.920. The van der Waals surface area contributed by atoms with Gasteiger partial charge in [-0.3, -0.25) is 4.90 Å². The number of methoxy groups -OCH3 is 1. The lowest BCUT2D eigenvalue weighted by Gasteiger charge is -2.36. The molecule has 1 aromatic carbocycles. The summed E-state index contributed by atoms with van der Waals surface area (Å²) in [4.78, 5) is 17.9. The number of nitrogens with zero attached hydrogens (tertiary/aromatic N) is 2. The van der Waals surface area contributed by atoms with Crippen molar-refractivity contribution in [1.82, 2.24) is 4.90 Å². The molecule has 2 heterocycles. The van der Waals surface area contributed by atoms with Crippen molar-refractivity contribution in [2.24, 2.45) is 0 Å². The van der Waals surface area contributed by atoms with E-state index >= 15 is 0 Å². The average Bonchev–Trinajstić information content (AvgIpc) is 2.94. The van der Waals surface area contributed by atoms with Gasteiger partial charge in [0, 0.05) is 43.3 Å². The zero-order valence-electron chi connectivity index (χ0n) is 14.8. The highest BCUT2D eigenvalue weighted by Gasteiger charge is 2.21. The molecule has 2 N–H and O–H groups in total. The first kappa shape index (κ1) is 17.8. The maximum absolute atomic E-state index is 11.8. The highest BCUT2D eigenvalue weighted by molar-refractivity contribution is 7.16. The predicted molar refractivity (Wildman–Crippen MR) is 104 cm³/mol. The lowest BCUT2D eigenvalue weighted by molar-refractivity contribution is 0.0601. The third-order valence-electron chi connectivity index (χ3n) is 4.81. The Bertz CT molecular complexity index is 722. The number of nitrogen functional groups attached to an aromatic ring is 1. The van der Waals surface area contributed by atoms with Crippen LogP contribution in [-0.2, 0) is 11.2 Å². The van der Waals surface area contributed by atoms with Crippen LogP contribution in [0.1, 0.15) is 20.8 Å². The normalized spacial score (nSPS) is 15.4. The van der Waals surface area contributed by atoms with Crippen LogP contribution in [0.2, 0.25) is 0 Å². The number of esters is 1. The molecule has 0 bridgehead atoms. The van der Waals surface area contributed by atoms with Crippen LogP contribution in [0.25, 0.3) is 0 Å². The zero-order chi connectivity index (χ0) is 17.8. The number of hydrogen-bond acceptors (Lipinski definition) is 6. The van der Waals surface area contributed by atoms with Crippen LogP contribution in [0.3, 0.4) is 0 Å². The van der Waals surface area contributed by atoms with E-state index in [1.807, 2.05) is 6.92 Å². The van der Waals surface area contributed by atoms with Gasteiger partial charge in [0.25, 0.3) is 0 Å². The van der Waals surface area contributed by atoms with Crippen molar-refractivity contribution in [3.8, 4) is 0 Å². The fourth-order valence-electron chi connectivity index (χ4n) is 3.31. The number of carbonyl (C=O) groups excluding carboxylic acids is 1. The van der Waals surface area contributed by atoms with Crippen LogP contribution in [-0.4, -0.2) is 50.7 Å². The molecule has 0 spiro atoms. The minimum absolute atomic E-state index is 0.339. The van der Waals surface area contributed by atoms with Gasteiger partial charge in [-0.05, 0) is 31.0 Å². The molecule has 1 aliphatic rings. The van der Waals surface area contributed by atoms with Crippen LogP contribution in [0.15, 0.2) is 30.3 Å². The van der Waals surface area contributed by atoms with Gasteiger partial charge in [0.1, 0.15) is 5.00 Å². The van der Waals surface area contributed by atoms with Gasteiger partial charge in [-0.15, -0.1) is 11.3 Å². The zero-order valence-corrected chi connectivity index (χ0v) is 15.6. The SMILES string of the molecule is COC(=O)c1c(N)sc(CCN2CCN(c3ccccc3)CC2)c1C. The maximum Gasteiger partial charge on any atom is 0.341 e. The third kappa shape index (κ3) is 3.96. The van der Waals surface area contributed by atoms with Crippen molar-refractivity contribution < 1.29 is 9.53 Å². The smallest absolute Gasteiger partial charge is 0.341 e. The van der Waals surface area contributed by atoms with Gasteiger partial charge < -0.3 is 15.4 Å². The number of piperazine rings is 1. The minimum atomic E-state index is -0.339. The topological polar surface area (TPSA) is 58.8 Å². The number of thiophene rings is 1. The summed E-state index contributed by atoms with van der Waals surface area (Å²) in [5, 5.41) is 0.563. The summed E-state index contributed by atoms with van der Waals surface area (Å²) in [7, 11) is 1.39. The fourth-order valence-corrected chi connectivity index (χ4v) is 4.36. The Morgan fingerprint density at radius 1 is 1.20 bits per heavy atom. The Morgan fingerprint density at radius 3 is 2.52 bits per heavy atom. The number of hydrogen-bond donors (Lipinski definition) is 1. The lowest BCUT2D eigenvalue weighted by Crippen LogP contribution is -2.46. The van der Waals surface area contributed by atoms with Gasteiger partial charge in [0.05, 0.1) is 12.7 Å². The van der Waals surface area contributed by atoms with E-state index in [1.165, 1.54) is 29.0 Å². The number of ether oxygens (including phenoxy) is 1. The quantitative estimate of drug-likeness (QED) is 0.832. The summed E-state index contributed by atoms with van der Waals surface area (Å²) in [6, 6.07) is 10.6. The molecule has 0 aliphatic carbocycles. The van der Waals surface area contributed by atoms with Crippen molar-refractivity contribution in [3.63, 3.8) is 0 Å². The van der Waals surface area contributed by atoms with E-state index in [-0.39, 0.29) is 5.97 Å². The highest BCUT2D eigenvalue weighted by atomic mass is 32.1. The van der Waals surface area contributed by atoms with Crippen molar-refractivity contribution >= 4 is 28.0 Å². The maximum atomic E-state index is 11.8. The predicted octanol–water partition coefficient (Wildman–Crippen LogP) is 2.79. The molecule has 3 rings (SSSR count). The first-order valence-electron chi connectivity index (χ1n) is 8.58. The van der Waals surface area contributed by atoms with E-state index in [0.717, 1.165) is 44.7 Å². The van der Waals surface area contributed by atoms with Crippen molar-refractivity contribution in [1.29, 1.82) is 0 Å². The molecule has 5 nitrogen and oxygen atoms in total. The van der Waals surface area contributed by atoms with Gasteiger partial charge in [0.15, 0.2) is 0 Å². The molecule has 0 amide bonds. The molecule has 1 saturated heterocycles. The Hall–Kier alpha value is -2.05. The third-order valence-corrected chi connectivity index (χ3v) is 5.99. The van der Waals surface area contributed by atoms with Crippen LogP contribution >= 0.6 is 11.3 Å². The van der Waals surface area contributed by atoms with Crippen LogP contribution < -0.4 is 10.6 Å². The second-order valence-corrected chi connectivity index (χ2v) is 7.43. The second kappa shape index (κ2) is 7.89. The Kier molecular flexibility index (Phi) is 5.60. The first-order valence-corrected chi connectivity index (χ1v) is 9.40. The van der Waals surface area contributed by atoms with Crippen LogP contribution in [0, 0.1) is 6.92 Å². The summed E-state index contributed by atoms with van der Waals surface area (Å²) in [6.45, 7) is 7.15. The van der Waals surface area contributed by atoms with Gasteiger partial charge in [-0.2, -0.15) is 0 Å². The van der Waals surface area contributed by atoms with E-state index in [0.29, 0.717) is 10.6 Å². The molecule has 1 aromatic heterocycles. The molecule has 134 valence electrons. The molecule has 0 radical (unpaired) electrons. The number of anilines is 2. The molecule has 0 unspecified atom stereocenters. The van der Waals surface area contributed by atoms with E-state index in [1.54, 1.807) is 0 Å². The fraction of sp³-hybridized carbons (Fsp3) is 0.421. The summed E-state index contributed by atoms with van der Waals surface area (Å²) < 4.78 is 4.83. The highest BCUT2D eigenvalue weighted by Crippen LogP contribution is 2.31. The molecule has 25 heavy (non-hydrogen) atoms. The van der Waals surface area contributed by atoms with Gasteiger partial charge in [0.2, 0.25) is 0 Å². The number of rotatable bonds is 5. The molecular weight excluding hydrogens is 334 g/mol. The summed E-state index contributed by atoms with van der Waals surface area (Å²) in [5.74, 6) is -0.339. The molecule has 0 saturated carbocycles. The molecule has 6 heteroatoms. The molecular formula is C19H25N3O2S. The van der Waals surface area contributed by atoms with Gasteiger partial charge >= 0.3 is 5.97 Å². The van der Waals surface area contributed by atoms with E-state index < -0.39 is 0 Å². The average molecular weight is 359 g/mol. The minimum Gasteiger partial charge on any atom is -0.465 e. The van der Waals surface area contributed by atoms with Crippen LogP contribution in [0.4, 0.5) is 10.7 Å². The first-order chi connectivity index (χ1) is 12.1. The number of nitrogens with two attached hydrogens (primary N) is 1. The Labute approximate surface area is 153 Å². The van der Waals surface area contributed by atoms with Crippen molar-refractivity contribution in [2.45, 2.75) is 13.3 Å². The Morgan fingerprint density at radius 2 is 1.88 bits per heavy atom.